The molecule has 2 aromatic rings. The zero-order chi connectivity index (χ0) is 24.3. The van der Waals surface area contributed by atoms with Gasteiger partial charge in [0.25, 0.3) is 0 Å². The second-order valence-electron chi connectivity index (χ2n) is 10.2. The molecule has 0 aliphatic carbocycles. The lowest BCUT2D eigenvalue weighted by Crippen LogP contribution is -2.61. The first-order chi connectivity index (χ1) is 16.3. The van der Waals surface area contributed by atoms with Crippen LogP contribution in [0.5, 0.6) is 0 Å². The molecule has 0 saturated carbocycles. The van der Waals surface area contributed by atoms with Crippen LogP contribution in [0.1, 0.15) is 63.5 Å². The maximum atomic E-state index is 11.4. The minimum absolute atomic E-state index is 0.0512. The van der Waals surface area contributed by atoms with E-state index in [-0.39, 0.29) is 17.0 Å². The van der Waals surface area contributed by atoms with Crippen LogP contribution in [0, 0.1) is 6.92 Å². The van der Waals surface area contributed by atoms with Gasteiger partial charge in [-0.2, -0.15) is 0 Å². The number of hydrogen-bond acceptors (Lipinski definition) is 6. The van der Waals surface area contributed by atoms with Gasteiger partial charge in [-0.25, -0.2) is 0 Å². The van der Waals surface area contributed by atoms with E-state index in [4.69, 9.17) is 18.9 Å². The molecular weight excluding hydrogens is 448 g/mol. The Labute approximate surface area is 208 Å². The van der Waals surface area contributed by atoms with E-state index in [2.05, 4.69) is 52.8 Å². The molecule has 5 nitrogen and oxygen atoms in total. The number of fused-ring (bicyclic) bond motifs is 1. The van der Waals surface area contributed by atoms with Gasteiger partial charge in [-0.05, 0) is 36.0 Å². The second kappa shape index (κ2) is 11.1. The van der Waals surface area contributed by atoms with E-state index in [0.29, 0.717) is 13.2 Å². The Kier molecular flexibility index (Phi) is 8.39. The molecule has 2 aliphatic rings. The van der Waals surface area contributed by atoms with Crippen molar-refractivity contribution in [3.63, 3.8) is 0 Å². The van der Waals surface area contributed by atoms with Gasteiger partial charge in [-0.15, -0.1) is 0 Å². The Hall–Kier alpha value is -1.41. The highest BCUT2D eigenvalue weighted by Gasteiger charge is 2.50. The highest BCUT2D eigenvalue weighted by Crippen LogP contribution is 2.41. The standard InChI is InChI=1S/C28H38O5S/c1-6-7-15-30-25-23(29)24-21(17-31-26(33-24)19-11-9-8-10-12-19)32-27(25)34-22-16-20(28(3,4)5)14-13-18(22)2/h8-14,16,21,23-27,29H,6-7,15,17H2,1-5H3/t21?,23?,24-,25+,26?,27+/m1/s1. The van der Waals surface area contributed by atoms with Gasteiger partial charge < -0.3 is 24.1 Å². The first kappa shape index (κ1) is 25.7. The summed E-state index contributed by atoms with van der Waals surface area (Å²) in [4.78, 5) is 1.15. The molecular formula is C28H38O5S. The van der Waals surface area contributed by atoms with Crippen molar-refractivity contribution in [2.24, 2.45) is 0 Å². The van der Waals surface area contributed by atoms with E-state index >= 15 is 0 Å². The van der Waals surface area contributed by atoms with Gasteiger partial charge in [0.05, 0.1) is 6.61 Å². The molecule has 0 spiro atoms. The van der Waals surface area contributed by atoms with Gasteiger partial charge in [-0.1, -0.05) is 88.3 Å². The van der Waals surface area contributed by atoms with E-state index in [9.17, 15) is 5.11 Å². The summed E-state index contributed by atoms with van der Waals surface area (Å²) >= 11 is 1.63. The molecule has 0 aromatic heterocycles. The summed E-state index contributed by atoms with van der Waals surface area (Å²) in [5.74, 6) is 0. The lowest BCUT2D eigenvalue weighted by atomic mass is 9.87. The Morgan fingerprint density at radius 1 is 1.09 bits per heavy atom. The highest BCUT2D eigenvalue weighted by atomic mass is 32.2. The Morgan fingerprint density at radius 2 is 1.85 bits per heavy atom. The zero-order valence-corrected chi connectivity index (χ0v) is 21.7. The highest BCUT2D eigenvalue weighted by molar-refractivity contribution is 7.99. The number of ether oxygens (including phenoxy) is 4. The van der Waals surface area contributed by atoms with Crippen molar-refractivity contribution in [1.29, 1.82) is 0 Å². The molecule has 6 heteroatoms. The fraction of sp³-hybridized carbons (Fsp3) is 0.571. The maximum Gasteiger partial charge on any atom is 0.184 e. The van der Waals surface area contributed by atoms with Crippen LogP contribution >= 0.6 is 11.8 Å². The van der Waals surface area contributed by atoms with Crippen molar-refractivity contribution in [2.75, 3.05) is 13.2 Å². The largest absolute Gasteiger partial charge is 0.387 e. The summed E-state index contributed by atoms with van der Waals surface area (Å²) in [6, 6.07) is 16.4. The van der Waals surface area contributed by atoms with Crippen molar-refractivity contribution in [3.8, 4) is 0 Å². The van der Waals surface area contributed by atoms with Crippen molar-refractivity contribution in [1.82, 2.24) is 0 Å². The van der Waals surface area contributed by atoms with E-state index in [1.807, 2.05) is 30.3 Å². The molecule has 0 radical (unpaired) electrons. The lowest BCUT2D eigenvalue weighted by molar-refractivity contribution is -0.322. The predicted octanol–water partition coefficient (Wildman–Crippen LogP) is 5.77. The molecule has 1 N–H and O–H groups in total. The van der Waals surface area contributed by atoms with Crippen LogP contribution in [0.3, 0.4) is 0 Å². The zero-order valence-electron chi connectivity index (χ0n) is 20.9. The van der Waals surface area contributed by atoms with Crippen LogP contribution in [0.15, 0.2) is 53.4 Å². The Bertz CT molecular complexity index is 928. The van der Waals surface area contributed by atoms with Crippen LogP contribution in [0.4, 0.5) is 0 Å². The van der Waals surface area contributed by atoms with Crippen LogP contribution in [-0.2, 0) is 24.4 Å². The molecule has 0 bridgehead atoms. The van der Waals surface area contributed by atoms with E-state index < -0.39 is 24.6 Å². The quantitative estimate of drug-likeness (QED) is 0.502. The van der Waals surface area contributed by atoms with Crippen LogP contribution < -0.4 is 0 Å². The van der Waals surface area contributed by atoms with Gasteiger partial charge in [0.1, 0.15) is 29.9 Å². The number of rotatable bonds is 7. The molecule has 34 heavy (non-hydrogen) atoms. The molecule has 2 saturated heterocycles. The fourth-order valence-corrected chi connectivity index (χ4v) is 5.57. The third-order valence-electron chi connectivity index (χ3n) is 6.49. The summed E-state index contributed by atoms with van der Waals surface area (Å²) in [6.07, 6.45) is -0.731. The van der Waals surface area contributed by atoms with Crippen molar-refractivity contribution in [2.45, 2.75) is 93.9 Å². The van der Waals surface area contributed by atoms with Gasteiger partial charge in [0.15, 0.2) is 6.29 Å². The summed E-state index contributed by atoms with van der Waals surface area (Å²) in [7, 11) is 0. The number of aliphatic hydroxyl groups is 1. The van der Waals surface area contributed by atoms with Gasteiger partial charge in [0.2, 0.25) is 0 Å². The second-order valence-corrected chi connectivity index (χ2v) is 11.4. The molecule has 3 unspecified atom stereocenters. The van der Waals surface area contributed by atoms with E-state index in [1.165, 1.54) is 11.1 Å². The van der Waals surface area contributed by atoms with Gasteiger partial charge in [-0.3, -0.25) is 0 Å². The molecule has 2 aliphatic heterocycles. The average molecular weight is 487 g/mol. The van der Waals surface area contributed by atoms with Gasteiger partial charge >= 0.3 is 0 Å². The normalized spacial score (nSPS) is 29.6. The number of unbranched alkanes of at least 4 members (excludes halogenated alkanes) is 1. The number of aryl methyl sites for hydroxylation is 1. The van der Waals surface area contributed by atoms with Crippen LogP contribution in [-0.4, -0.2) is 48.2 Å². The summed E-state index contributed by atoms with van der Waals surface area (Å²) in [6.45, 7) is 11.8. The first-order valence-corrected chi connectivity index (χ1v) is 13.2. The van der Waals surface area contributed by atoms with Crippen molar-refractivity contribution in [3.05, 3.63) is 65.2 Å². The number of aliphatic hydroxyl groups excluding tert-OH is 1. The van der Waals surface area contributed by atoms with Crippen LogP contribution in [0.2, 0.25) is 0 Å². The summed E-state index contributed by atoms with van der Waals surface area (Å²) < 4.78 is 24.9. The van der Waals surface area contributed by atoms with Gasteiger partial charge in [0, 0.05) is 17.1 Å². The van der Waals surface area contributed by atoms with Crippen molar-refractivity contribution >= 4 is 11.8 Å². The Morgan fingerprint density at radius 3 is 2.56 bits per heavy atom. The molecule has 4 rings (SSSR count). The monoisotopic (exact) mass is 486 g/mol. The van der Waals surface area contributed by atoms with Crippen molar-refractivity contribution < 1.29 is 24.1 Å². The summed E-state index contributed by atoms with van der Waals surface area (Å²) in [5, 5.41) is 11.4. The lowest BCUT2D eigenvalue weighted by Gasteiger charge is -2.47. The molecule has 0 amide bonds. The predicted molar refractivity (Wildman–Crippen MR) is 135 cm³/mol. The SMILES string of the molecule is CCCCO[C@H]1C(O)[C@@H]2OC(c3ccccc3)OCC2O[C@H]1Sc1cc(C(C)(C)C)ccc1C. The molecule has 2 heterocycles. The summed E-state index contributed by atoms with van der Waals surface area (Å²) in [5.41, 5.74) is 3.08. The smallest absolute Gasteiger partial charge is 0.184 e. The molecule has 2 fully saturated rings. The maximum absolute atomic E-state index is 11.4. The molecule has 186 valence electrons. The minimum Gasteiger partial charge on any atom is -0.387 e. The van der Waals surface area contributed by atoms with E-state index in [0.717, 1.165) is 23.3 Å². The fourth-order valence-electron chi connectivity index (χ4n) is 4.30. The average Bonchev–Trinajstić information content (AvgIpc) is 2.82. The minimum atomic E-state index is -0.811. The van der Waals surface area contributed by atoms with E-state index in [1.54, 1.807) is 11.8 Å². The number of hydrogen-bond donors (Lipinski definition) is 1. The third-order valence-corrected chi connectivity index (χ3v) is 7.79. The molecule has 2 aromatic carbocycles. The molecule has 6 atom stereocenters. The number of thioether (sulfide) groups is 1. The topological polar surface area (TPSA) is 57.2 Å². The van der Waals surface area contributed by atoms with Crippen LogP contribution in [0.25, 0.3) is 0 Å². The first-order valence-electron chi connectivity index (χ1n) is 12.3. The Balaban J connectivity index is 1.55. The number of benzene rings is 2. The third kappa shape index (κ3) is 5.86.